The van der Waals surface area contributed by atoms with Gasteiger partial charge in [-0.2, -0.15) is 5.10 Å². The molecule has 1 amide bonds. The first kappa shape index (κ1) is 22.6. The van der Waals surface area contributed by atoms with Crippen LogP contribution in [0.15, 0.2) is 52.5 Å². The van der Waals surface area contributed by atoms with Gasteiger partial charge in [-0.1, -0.05) is 25.1 Å². The van der Waals surface area contributed by atoms with Gasteiger partial charge in [0.2, 0.25) is 10.0 Å². The standard InChI is InChI=1S/C21H27N3O4S/c1-5-12-22-29(26,27)20-10-7-18(8-11-20)17(4)23-24-21(25)14-28-19-9-6-15(2)16(3)13-19/h6-11,13,22H,5,12,14H2,1-4H3,(H,24,25)/b23-17-. The molecule has 2 N–H and O–H groups in total. The van der Waals surface area contributed by atoms with E-state index in [1.54, 1.807) is 19.1 Å². The highest BCUT2D eigenvalue weighted by molar-refractivity contribution is 7.89. The van der Waals surface area contributed by atoms with Gasteiger partial charge in [-0.3, -0.25) is 4.79 Å². The third-order valence-electron chi connectivity index (χ3n) is 4.32. The summed E-state index contributed by atoms with van der Waals surface area (Å²) in [5.41, 5.74) is 5.94. The van der Waals surface area contributed by atoms with Crippen molar-refractivity contribution < 1.29 is 17.9 Å². The fourth-order valence-electron chi connectivity index (χ4n) is 2.39. The molecule has 156 valence electrons. The molecule has 0 heterocycles. The maximum absolute atomic E-state index is 12.1. The molecule has 2 aromatic carbocycles. The number of rotatable bonds is 9. The number of benzene rings is 2. The van der Waals surface area contributed by atoms with Crippen LogP contribution in [0.25, 0.3) is 0 Å². The smallest absolute Gasteiger partial charge is 0.277 e. The summed E-state index contributed by atoms with van der Waals surface area (Å²) in [6.45, 7) is 7.84. The van der Waals surface area contributed by atoms with E-state index >= 15 is 0 Å². The van der Waals surface area contributed by atoms with Gasteiger partial charge in [0.15, 0.2) is 6.61 Å². The van der Waals surface area contributed by atoms with E-state index in [9.17, 15) is 13.2 Å². The number of amides is 1. The topological polar surface area (TPSA) is 96.9 Å². The monoisotopic (exact) mass is 417 g/mol. The second kappa shape index (κ2) is 10.2. The Kier molecular flexibility index (Phi) is 7.92. The molecule has 0 spiro atoms. The lowest BCUT2D eigenvalue weighted by Crippen LogP contribution is -2.25. The predicted octanol–water partition coefficient (Wildman–Crippen LogP) is 2.91. The SMILES string of the molecule is CCCNS(=O)(=O)c1ccc(/C(C)=N\NC(=O)COc2ccc(C)c(C)c2)cc1. The molecule has 29 heavy (non-hydrogen) atoms. The van der Waals surface area contributed by atoms with E-state index < -0.39 is 10.0 Å². The summed E-state index contributed by atoms with van der Waals surface area (Å²) >= 11 is 0. The molecule has 0 atom stereocenters. The molecule has 7 nitrogen and oxygen atoms in total. The minimum Gasteiger partial charge on any atom is -0.484 e. The van der Waals surface area contributed by atoms with Crippen molar-refractivity contribution in [3.8, 4) is 5.75 Å². The van der Waals surface area contributed by atoms with Gasteiger partial charge in [-0.05, 0) is 68.1 Å². The summed E-state index contributed by atoms with van der Waals surface area (Å²) in [7, 11) is -3.51. The number of carbonyl (C=O) groups is 1. The van der Waals surface area contributed by atoms with Gasteiger partial charge in [-0.25, -0.2) is 18.6 Å². The van der Waals surface area contributed by atoms with Crippen molar-refractivity contribution >= 4 is 21.6 Å². The molecule has 0 aliphatic heterocycles. The van der Waals surface area contributed by atoms with E-state index in [2.05, 4.69) is 15.2 Å². The average molecular weight is 418 g/mol. The van der Waals surface area contributed by atoms with Crippen molar-refractivity contribution in [2.24, 2.45) is 5.10 Å². The summed E-state index contributed by atoms with van der Waals surface area (Å²) in [5.74, 6) is 0.239. The Morgan fingerprint density at radius 3 is 2.38 bits per heavy atom. The highest BCUT2D eigenvalue weighted by Gasteiger charge is 2.13. The molecular formula is C21H27N3O4S. The molecule has 8 heteroatoms. The van der Waals surface area contributed by atoms with Crippen LogP contribution >= 0.6 is 0 Å². The van der Waals surface area contributed by atoms with Gasteiger partial charge in [0.25, 0.3) is 5.91 Å². The van der Waals surface area contributed by atoms with E-state index in [0.717, 1.165) is 17.5 Å². The Balaban J connectivity index is 1.93. The lowest BCUT2D eigenvalue weighted by Gasteiger charge is -2.08. The molecule has 2 rings (SSSR count). The van der Waals surface area contributed by atoms with Crippen molar-refractivity contribution in [2.45, 2.75) is 39.0 Å². The summed E-state index contributed by atoms with van der Waals surface area (Å²) in [6, 6.07) is 12.0. The van der Waals surface area contributed by atoms with Crippen LogP contribution in [0, 0.1) is 13.8 Å². The molecule has 2 aromatic rings. The van der Waals surface area contributed by atoms with Crippen molar-refractivity contribution in [1.29, 1.82) is 0 Å². The van der Waals surface area contributed by atoms with Gasteiger partial charge in [-0.15, -0.1) is 0 Å². The quantitative estimate of drug-likeness (QED) is 0.484. The molecule has 0 aliphatic rings. The zero-order valence-electron chi connectivity index (χ0n) is 17.2. The van der Waals surface area contributed by atoms with Gasteiger partial charge < -0.3 is 4.74 Å². The summed E-state index contributed by atoms with van der Waals surface area (Å²) < 4.78 is 32.2. The lowest BCUT2D eigenvalue weighted by molar-refractivity contribution is -0.123. The highest BCUT2D eigenvalue weighted by atomic mass is 32.2. The Labute approximate surface area is 172 Å². The molecule has 0 saturated carbocycles. The Morgan fingerprint density at radius 2 is 1.76 bits per heavy atom. The first-order valence-corrected chi connectivity index (χ1v) is 10.8. The van der Waals surface area contributed by atoms with Crippen LogP contribution < -0.4 is 14.9 Å². The van der Waals surface area contributed by atoms with Crippen LogP contribution in [0.5, 0.6) is 5.75 Å². The summed E-state index contributed by atoms with van der Waals surface area (Å²) in [4.78, 5) is 12.1. The van der Waals surface area contributed by atoms with Gasteiger partial charge in [0.1, 0.15) is 5.75 Å². The minimum absolute atomic E-state index is 0.153. The average Bonchev–Trinajstić information content (AvgIpc) is 2.71. The Hall–Kier alpha value is -2.71. The molecule has 0 saturated heterocycles. The number of hydrogen-bond donors (Lipinski definition) is 2. The van der Waals surface area contributed by atoms with E-state index in [1.165, 1.54) is 12.1 Å². The fourth-order valence-corrected chi connectivity index (χ4v) is 3.52. The lowest BCUT2D eigenvalue weighted by atomic mass is 10.1. The van der Waals surface area contributed by atoms with Crippen molar-refractivity contribution in [2.75, 3.05) is 13.2 Å². The van der Waals surface area contributed by atoms with E-state index in [4.69, 9.17) is 4.74 Å². The second-order valence-electron chi connectivity index (χ2n) is 6.69. The number of nitrogens with one attached hydrogen (secondary N) is 2. The van der Waals surface area contributed by atoms with E-state index in [0.29, 0.717) is 23.6 Å². The molecular weight excluding hydrogens is 390 g/mol. The van der Waals surface area contributed by atoms with Crippen LogP contribution in [0.2, 0.25) is 0 Å². The van der Waals surface area contributed by atoms with E-state index in [-0.39, 0.29) is 17.4 Å². The van der Waals surface area contributed by atoms with Crippen LogP contribution in [0.3, 0.4) is 0 Å². The maximum atomic E-state index is 12.1. The number of aryl methyl sites for hydroxylation is 2. The number of carbonyl (C=O) groups excluding carboxylic acids is 1. The van der Waals surface area contributed by atoms with Crippen LogP contribution in [0.4, 0.5) is 0 Å². The molecule has 0 unspecified atom stereocenters. The van der Waals surface area contributed by atoms with E-state index in [1.807, 2.05) is 39.0 Å². The number of hydrogen-bond acceptors (Lipinski definition) is 5. The molecule has 0 aromatic heterocycles. The molecule has 0 fully saturated rings. The highest BCUT2D eigenvalue weighted by Crippen LogP contribution is 2.16. The number of ether oxygens (including phenoxy) is 1. The number of hydrazone groups is 1. The fraction of sp³-hybridized carbons (Fsp3) is 0.333. The third kappa shape index (κ3) is 6.69. The number of nitrogens with zero attached hydrogens (tertiary/aromatic N) is 1. The first-order valence-electron chi connectivity index (χ1n) is 9.36. The van der Waals surface area contributed by atoms with Crippen molar-refractivity contribution in [3.63, 3.8) is 0 Å². The largest absolute Gasteiger partial charge is 0.484 e. The third-order valence-corrected chi connectivity index (χ3v) is 5.80. The molecule has 0 radical (unpaired) electrons. The van der Waals surface area contributed by atoms with Gasteiger partial charge in [0, 0.05) is 6.54 Å². The van der Waals surface area contributed by atoms with Crippen LogP contribution in [-0.4, -0.2) is 33.2 Å². The van der Waals surface area contributed by atoms with Gasteiger partial charge >= 0.3 is 0 Å². The molecule has 0 bridgehead atoms. The maximum Gasteiger partial charge on any atom is 0.277 e. The van der Waals surface area contributed by atoms with Gasteiger partial charge in [0.05, 0.1) is 10.6 Å². The normalized spacial score (nSPS) is 11.9. The van der Waals surface area contributed by atoms with Crippen LogP contribution in [-0.2, 0) is 14.8 Å². The van der Waals surface area contributed by atoms with Crippen molar-refractivity contribution in [3.05, 3.63) is 59.2 Å². The zero-order chi connectivity index (χ0) is 21.4. The van der Waals surface area contributed by atoms with Crippen molar-refractivity contribution in [1.82, 2.24) is 10.1 Å². The zero-order valence-corrected chi connectivity index (χ0v) is 18.0. The second-order valence-corrected chi connectivity index (χ2v) is 8.46. The minimum atomic E-state index is -3.51. The predicted molar refractivity (Wildman–Crippen MR) is 114 cm³/mol. The Morgan fingerprint density at radius 1 is 1.07 bits per heavy atom. The molecule has 0 aliphatic carbocycles. The Bertz CT molecular complexity index is 983. The van der Waals surface area contributed by atoms with Crippen LogP contribution in [0.1, 0.15) is 37.0 Å². The number of sulfonamides is 1. The first-order chi connectivity index (χ1) is 13.7. The summed E-state index contributed by atoms with van der Waals surface area (Å²) in [5, 5.41) is 4.05. The summed E-state index contributed by atoms with van der Waals surface area (Å²) in [6.07, 6.45) is 0.718.